The molecule has 8 heterocycles. The van der Waals surface area contributed by atoms with Gasteiger partial charge in [-0.3, -0.25) is 14.7 Å². The van der Waals surface area contributed by atoms with E-state index < -0.39 is 17.3 Å². The molecule has 0 aromatic carbocycles. The van der Waals surface area contributed by atoms with E-state index in [1.54, 1.807) is 49.3 Å². The molecule has 8 aromatic heterocycles. The summed E-state index contributed by atoms with van der Waals surface area (Å²) in [6.45, 7) is 17.3. The summed E-state index contributed by atoms with van der Waals surface area (Å²) >= 11 is 0. The maximum Gasteiger partial charge on any atom is 2.00 e. The van der Waals surface area contributed by atoms with Crippen molar-refractivity contribution in [2.24, 2.45) is 11.3 Å². The van der Waals surface area contributed by atoms with Crippen molar-refractivity contribution in [1.82, 2.24) is 80.4 Å². The molecule has 4 aliphatic rings. The maximum atomic E-state index is 12.2. The van der Waals surface area contributed by atoms with E-state index in [2.05, 4.69) is 127 Å². The zero-order chi connectivity index (χ0) is 55.5. The van der Waals surface area contributed by atoms with Gasteiger partial charge in [0.2, 0.25) is 11.6 Å². The number of ether oxygens (including phenoxy) is 1. The molecule has 0 bridgehead atoms. The minimum atomic E-state index is -0.554. The molecule has 1 atom stereocenters. The van der Waals surface area contributed by atoms with E-state index in [0.717, 1.165) is 66.4 Å². The molecule has 0 spiro atoms. The second-order valence-electron chi connectivity index (χ2n) is 22.3. The number of hydrogen-bond acceptors (Lipinski definition) is 17. The number of rotatable bonds is 6. The van der Waals surface area contributed by atoms with Crippen molar-refractivity contribution in [3.63, 3.8) is 0 Å². The Labute approximate surface area is 475 Å². The van der Waals surface area contributed by atoms with E-state index in [0.29, 0.717) is 18.1 Å². The van der Waals surface area contributed by atoms with E-state index in [-0.39, 0.29) is 60.5 Å². The van der Waals surface area contributed by atoms with E-state index in [4.69, 9.17) is 0 Å². The van der Waals surface area contributed by atoms with Crippen LogP contribution in [0.1, 0.15) is 168 Å². The van der Waals surface area contributed by atoms with Gasteiger partial charge in [-0.25, -0.2) is 54.6 Å². The van der Waals surface area contributed by atoms with Crippen molar-refractivity contribution in [1.29, 1.82) is 0 Å². The third-order valence-corrected chi connectivity index (χ3v) is 14.8. The molecular weight excluding hydrogens is 1180 g/mol. The van der Waals surface area contributed by atoms with Crippen LogP contribution in [-0.2, 0) is 66.1 Å². The van der Waals surface area contributed by atoms with Gasteiger partial charge in [0.15, 0.2) is 11.6 Å². The smallest absolute Gasteiger partial charge is 0.572 e. The molecule has 0 saturated heterocycles. The monoisotopic (exact) mass is 1250 g/mol. The van der Waals surface area contributed by atoms with Gasteiger partial charge in [-0.05, 0) is 112 Å². The predicted molar refractivity (Wildman–Crippen MR) is 291 cm³/mol. The van der Waals surface area contributed by atoms with E-state index >= 15 is 0 Å². The number of nitrogens with one attached hydrogen (secondary N) is 1. The average molecular weight is 1250 g/mol. The summed E-state index contributed by atoms with van der Waals surface area (Å²) in [7, 11) is 1.29. The minimum Gasteiger partial charge on any atom is -0.572 e. The molecular formula is C58H68N16O4Pt. The first kappa shape index (κ1) is 59.2. The van der Waals surface area contributed by atoms with Gasteiger partial charge in [0.1, 0.15) is 23.1 Å². The van der Waals surface area contributed by atoms with Gasteiger partial charge in [-0.2, -0.15) is 5.10 Å². The Hall–Kier alpha value is -7.47. The standard InChI is InChI=1S/C13H16N4.2C13H15N4.C13H16N2O2.C6H6N2O2.Pt/c3*1-13(2)6-3-5-9-10(16-17-11(9)13)12-14-7-4-8-15-12;1-13(2)6-3-5-9(11(13)17)10(16)12-14-7-4-8-15-12;1-10-6(9)5-7-3-2-4-8-5;/h4,7-8H,3,5-6H2,1-2H3,(H,16,17);2*4,7-8H,3,5-6H2,1-2H3;4,7-9H,3,5-6H2,1-2H3;2-4H,1H3;/q;2*-1;;;+2. The average Bonchev–Trinajstić information content (AvgIpc) is 4.39. The normalized spacial score (nSPS) is 17.6. The van der Waals surface area contributed by atoms with Crippen LogP contribution in [0.5, 0.6) is 0 Å². The SMILES string of the molecule is CC1(C)CCCC(C(=O)c2ncccn2)C1=O.CC1(C)CCCc2c(-c3ncccn3)n[nH]c21.CC1(C)CCCc2c1n[n-]c2-c1ncccn1.CC1(C)CCCc2c1n[n-]c2-c1ncccn1.COC(=O)c1ncccn1.[Pt+2]. The fraction of sp³-hybridized carbons (Fsp3) is 0.448. The van der Waals surface area contributed by atoms with Gasteiger partial charge < -0.3 is 25.1 Å². The van der Waals surface area contributed by atoms with Crippen molar-refractivity contribution in [2.45, 2.75) is 149 Å². The molecule has 1 N–H and O–H groups in total. The summed E-state index contributed by atoms with van der Waals surface area (Å²) < 4.78 is 4.37. The molecule has 1 fully saturated rings. The Balaban J connectivity index is 0.000000144. The van der Waals surface area contributed by atoms with Crippen molar-refractivity contribution >= 4 is 17.5 Å². The summed E-state index contributed by atoms with van der Waals surface area (Å²) in [6.07, 6.45) is 29.2. The largest absolute Gasteiger partial charge is 2.00 e. The van der Waals surface area contributed by atoms with Crippen LogP contribution in [0.15, 0.2) is 92.3 Å². The van der Waals surface area contributed by atoms with Gasteiger partial charge in [-0.15, -0.1) is 0 Å². The van der Waals surface area contributed by atoms with E-state index in [9.17, 15) is 14.4 Å². The molecule has 0 radical (unpaired) electrons. The minimum absolute atomic E-state index is 0. The summed E-state index contributed by atoms with van der Waals surface area (Å²) in [5, 5.41) is 24.9. The molecule has 4 aliphatic carbocycles. The molecule has 12 rings (SSSR count). The van der Waals surface area contributed by atoms with Gasteiger partial charge >= 0.3 is 27.0 Å². The number of ketones is 2. The summed E-state index contributed by atoms with van der Waals surface area (Å²) in [5.74, 6) is 1.08. The van der Waals surface area contributed by atoms with Crippen molar-refractivity contribution in [3.05, 3.63) is 138 Å². The zero-order valence-electron chi connectivity index (χ0n) is 46.4. The van der Waals surface area contributed by atoms with Crippen LogP contribution >= 0.6 is 0 Å². The number of fused-ring (bicyclic) bond motifs is 3. The number of esters is 1. The van der Waals surface area contributed by atoms with Gasteiger partial charge in [-0.1, -0.05) is 73.2 Å². The third kappa shape index (κ3) is 14.1. The Kier molecular flexibility index (Phi) is 19.5. The van der Waals surface area contributed by atoms with Gasteiger partial charge in [0.05, 0.1) is 13.0 Å². The number of carbonyl (C=O) groups is 3. The first-order valence-electron chi connectivity index (χ1n) is 26.6. The molecule has 21 heteroatoms. The Morgan fingerprint density at radius 2 is 0.911 bits per heavy atom. The molecule has 1 saturated carbocycles. The molecule has 79 heavy (non-hydrogen) atoms. The topological polar surface area (TPSA) is 272 Å². The second-order valence-corrected chi connectivity index (χ2v) is 22.3. The summed E-state index contributed by atoms with van der Waals surface area (Å²) in [6, 6.07) is 8.74. The number of aromatic amines is 1. The van der Waals surface area contributed by atoms with E-state index in [1.807, 2.05) is 32.0 Å². The van der Waals surface area contributed by atoms with Crippen LogP contribution in [0.3, 0.4) is 0 Å². The van der Waals surface area contributed by atoms with Crippen LogP contribution in [0.2, 0.25) is 0 Å². The Bertz CT molecular complexity index is 3020. The Morgan fingerprint density at radius 3 is 1.37 bits per heavy atom. The molecule has 0 aliphatic heterocycles. The van der Waals surface area contributed by atoms with Crippen molar-refractivity contribution in [2.75, 3.05) is 7.11 Å². The molecule has 0 amide bonds. The first-order chi connectivity index (χ1) is 37.4. The van der Waals surface area contributed by atoms with Crippen molar-refractivity contribution < 1.29 is 40.2 Å². The number of Topliss-reactive ketones (excluding diaryl/α,β-unsaturated/α-hetero) is 2. The second kappa shape index (κ2) is 26.0. The zero-order valence-corrected chi connectivity index (χ0v) is 48.7. The fourth-order valence-electron chi connectivity index (χ4n) is 10.5. The molecule has 1 unspecified atom stereocenters. The van der Waals surface area contributed by atoms with Crippen LogP contribution < -0.4 is 10.2 Å². The first-order valence-corrected chi connectivity index (χ1v) is 26.6. The predicted octanol–water partition coefficient (Wildman–Crippen LogP) is 9.02. The van der Waals surface area contributed by atoms with Crippen LogP contribution in [-0.4, -0.2) is 94.9 Å². The third-order valence-electron chi connectivity index (χ3n) is 14.8. The number of nitrogens with zero attached hydrogens (tertiary/aromatic N) is 15. The van der Waals surface area contributed by atoms with Crippen LogP contribution in [0.25, 0.3) is 34.6 Å². The van der Waals surface area contributed by atoms with E-state index in [1.165, 1.54) is 92.8 Å². The maximum absolute atomic E-state index is 12.2. The quantitative estimate of drug-likeness (QED) is 0.0923. The van der Waals surface area contributed by atoms with Crippen LogP contribution in [0, 0.1) is 11.3 Å². The Morgan fingerprint density at radius 1 is 0.519 bits per heavy atom. The van der Waals surface area contributed by atoms with Gasteiger partial charge in [0, 0.05) is 106 Å². The van der Waals surface area contributed by atoms with Gasteiger partial charge in [0.25, 0.3) is 0 Å². The molecule has 20 nitrogen and oxygen atoms in total. The number of H-pyrrole nitrogens is 1. The van der Waals surface area contributed by atoms with Crippen molar-refractivity contribution in [3.8, 4) is 34.6 Å². The number of carbonyl (C=O) groups excluding carboxylic acids is 3. The number of methoxy groups -OCH3 is 1. The molecule has 8 aromatic rings. The summed E-state index contributed by atoms with van der Waals surface area (Å²) in [4.78, 5) is 75.8. The fourth-order valence-corrected chi connectivity index (χ4v) is 10.5. The number of aromatic nitrogens is 16. The molecule has 414 valence electrons. The van der Waals surface area contributed by atoms with Crippen LogP contribution in [0.4, 0.5) is 0 Å². The summed E-state index contributed by atoms with van der Waals surface area (Å²) in [5.41, 5.74) is 10.0. The number of hydrogen-bond donors (Lipinski definition) is 1.